The molecule has 3 rings (SSSR count). The summed E-state index contributed by atoms with van der Waals surface area (Å²) in [5.41, 5.74) is 2.68. The van der Waals surface area contributed by atoms with E-state index in [-0.39, 0.29) is 4.88 Å². The lowest BCUT2D eigenvalue weighted by Gasteiger charge is -1.90. The second-order valence-electron chi connectivity index (χ2n) is 4.02. The number of aryl methyl sites for hydroxylation is 2. The number of rotatable bonds is 2. The molecule has 0 aliphatic carbocycles. The first kappa shape index (κ1) is 11.0. The fourth-order valence-corrected chi connectivity index (χ4v) is 2.68. The Morgan fingerprint density at radius 1 is 1.39 bits per heavy atom. The van der Waals surface area contributed by atoms with Gasteiger partial charge < -0.3 is 5.11 Å². The maximum Gasteiger partial charge on any atom is 0.347 e. The van der Waals surface area contributed by atoms with Crippen LogP contribution in [0.15, 0.2) is 18.6 Å². The van der Waals surface area contributed by atoms with E-state index in [9.17, 15) is 4.79 Å². The highest BCUT2D eigenvalue weighted by molar-refractivity contribution is 7.18. The average molecular weight is 262 g/mol. The van der Waals surface area contributed by atoms with Crippen LogP contribution in [0, 0.1) is 6.92 Å². The molecule has 0 aromatic carbocycles. The topological polar surface area (TPSA) is 72.4 Å². The van der Waals surface area contributed by atoms with Gasteiger partial charge in [0.05, 0.1) is 11.4 Å². The molecule has 7 heteroatoms. The molecule has 0 amide bonds. The summed E-state index contributed by atoms with van der Waals surface area (Å²) in [7, 11) is 1.86. The quantitative estimate of drug-likeness (QED) is 0.764. The van der Waals surface area contributed by atoms with Crippen LogP contribution in [0.1, 0.15) is 15.4 Å². The zero-order chi connectivity index (χ0) is 12.9. The second-order valence-corrected chi connectivity index (χ2v) is 5.03. The van der Waals surface area contributed by atoms with E-state index >= 15 is 0 Å². The molecule has 0 bridgehead atoms. The Hall–Kier alpha value is -2.15. The predicted molar refractivity (Wildman–Crippen MR) is 67.0 cm³/mol. The summed E-state index contributed by atoms with van der Waals surface area (Å²) < 4.78 is 3.47. The van der Waals surface area contributed by atoms with Crippen molar-refractivity contribution in [1.82, 2.24) is 19.2 Å². The Morgan fingerprint density at radius 3 is 2.72 bits per heavy atom. The highest BCUT2D eigenvalue weighted by Crippen LogP contribution is 2.25. The number of carboxylic acid groups (broad SMARTS) is 1. The average Bonchev–Trinajstić information content (AvgIpc) is 2.89. The van der Waals surface area contributed by atoms with E-state index in [4.69, 9.17) is 5.11 Å². The maximum atomic E-state index is 10.8. The minimum absolute atomic E-state index is 0.284. The number of aromatic nitrogens is 4. The van der Waals surface area contributed by atoms with Gasteiger partial charge in [-0.1, -0.05) is 11.3 Å². The minimum atomic E-state index is -0.926. The largest absolute Gasteiger partial charge is 0.477 e. The van der Waals surface area contributed by atoms with E-state index in [0.717, 1.165) is 28.3 Å². The Kier molecular flexibility index (Phi) is 2.24. The number of carboxylic acids is 1. The third kappa shape index (κ3) is 1.60. The third-order valence-electron chi connectivity index (χ3n) is 2.66. The molecule has 3 heterocycles. The van der Waals surface area contributed by atoms with Crippen LogP contribution in [0.5, 0.6) is 0 Å². The first-order valence-electron chi connectivity index (χ1n) is 5.27. The number of thiazole rings is 1. The minimum Gasteiger partial charge on any atom is -0.477 e. The second kappa shape index (κ2) is 3.67. The fraction of sp³-hybridized carbons (Fsp3) is 0.182. The molecule has 6 nitrogen and oxygen atoms in total. The van der Waals surface area contributed by atoms with Crippen molar-refractivity contribution < 1.29 is 9.90 Å². The summed E-state index contributed by atoms with van der Waals surface area (Å²) in [6.07, 6.45) is 5.30. The van der Waals surface area contributed by atoms with Gasteiger partial charge in [-0.2, -0.15) is 5.10 Å². The molecule has 3 aromatic rings. The number of fused-ring (bicyclic) bond motifs is 1. The van der Waals surface area contributed by atoms with Gasteiger partial charge >= 0.3 is 5.97 Å². The lowest BCUT2D eigenvalue weighted by Crippen LogP contribution is -1.90. The molecule has 3 aromatic heterocycles. The van der Waals surface area contributed by atoms with Crippen LogP contribution in [0.3, 0.4) is 0 Å². The molecule has 0 aliphatic heterocycles. The smallest absolute Gasteiger partial charge is 0.347 e. The number of imidazole rings is 1. The number of carbonyl (C=O) groups is 1. The summed E-state index contributed by atoms with van der Waals surface area (Å²) in [6, 6.07) is 0. The fourth-order valence-electron chi connectivity index (χ4n) is 1.88. The normalized spacial score (nSPS) is 11.2. The van der Waals surface area contributed by atoms with Crippen molar-refractivity contribution in [2.75, 3.05) is 0 Å². The summed E-state index contributed by atoms with van der Waals surface area (Å²) in [4.78, 5) is 16.2. The molecule has 1 N–H and O–H groups in total. The molecule has 0 fully saturated rings. The van der Waals surface area contributed by atoms with Gasteiger partial charge in [0.2, 0.25) is 0 Å². The molecular weight excluding hydrogens is 252 g/mol. The van der Waals surface area contributed by atoms with Gasteiger partial charge in [-0.25, -0.2) is 9.78 Å². The van der Waals surface area contributed by atoms with Crippen molar-refractivity contribution in [3.63, 3.8) is 0 Å². The monoisotopic (exact) mass is 262 g/mol. The van der Waals surface area contributed by atoms with E-state index in [2.05, 4.69) is 10.1 Å². The van der Waals surface area contributed by atoms with Crippen LogP contribution >= 0.6 is 11.3 Å². The van der Waals surface area contributed by atoms with Crippen LogP contribution in [0.4, 0.5) is 0 Å². The predicted octanol–water partition coefficient (Wildman–Crippen LogP) is 1.80. The van der Waals surface area contributed by atoms with Gasteiger partial charge in [-0.3, -0.25) is 9.08 Å². The van der Waals surface area contributed by atoms with Gasteiger partial charge in [-0.15, -0.1) is 0 Å². The molecule has 0 aliphatic rings. The van der Waals surface area contributed by atoms with Gasteiger partial charge in [0.15, 0.2) is 4.96 Å². The van der Waals surface area contributed by atoms with Crippen molar-refractivity contribution in [1.29, 1.82) is 0 Å². The van der Waals surface area contributed by atoms with Crippen LogP contribution in [0.25, 0.3) is 16.2 Å². The van der Waals surface area contributed by atoms with Crippen molar-refractivity contribution >= 4 is 22.3 Å². The van der Waals surface area contributed by atoms with Crippen molar-refractivity contribution in [3.05, 3.63) is 29.2 Å². The van der Waals surface area contributed by atoms with E-state index in [1.807, 2.05) is 26.4 Å². The molecule has 0 saturated heterocycles. The number of hydrogen-bond acceptors (Lipinski definition) is 4. The van der Waals surface area contributed by atoms with Crippen LogP contribution < -0.4 is 0 Å². The summed E-state index contributed by atoms with van der Waals surface area (Å²) in [5, 5.41) is 13.2. The maximum absolute atomic E-state index is 10.8. The standard InChI is InChI=1S/C11H10N4O2S/c1-6-7(3-14(2)13-6)8-4-15-5-9(10(16)17)18-11(15)12-8/h3-5H,1-2H3,(H,16,17). The first-order chi connectivity index (χ1) is 8.54. The highest BCUT2D eigenvalue weighted by atomic mass is 32.1. The Morgan fingerprint density at radius 2 is 2.17 bits per heavy atom. The zero-order valence-corrected chi connectivity index (χ0v) is 10.6. The number of aromatic carboxylic acids is 1. The first-order valence-corrected chi connectivity index (χ1v) is 6.08. The van der Waals surface area contributed by atoms with Gasteiger partial charge in [-0.05, 0) is 6.92 Å². The molecule has 0 atom stereocenters. The SMILES string of the molecule is Cc1nn(C)cc1-c1cn2cc(C(=O)O)sc2n1. The van der Waals surface area contributed by atoms with Crippen molar-refractivity contribution in [2.45, 2.75) is 6.92 Å². The molecule has 18 heavy (non-hydrogen) atoms. The van der Waals surface area contributed by atoms with E-state index in [1.165, 1.54) is 0 Å². The Bertz CT molecular complexity index is 721. The van der Waals surface area contributed by atoms with Crippen LogP contribution in [-0.4, -0.2) is 30.2 Å². The molecule has 0 radical (unpaired) electrons. The summed E-state index contributed by atoms with van der Waals surface area (Å²) in [5.74, 6) is -0.926. The van der Waals surface area contributed by atoms with Gasteiger partial charge in [0, 0.05) is 31.2 Å². The number of nitrogens with zero attached hydrogens (tertiary/aromatic N) is 4. The Labute approximate surface area is 106 Å². The molecule has 92 valence electrons. The molecule has 0 unspecified atom stereocenters. The van der Waals surface area contributed by atoms with Crippen LogP contribution in [-0.2, 0) is 7.05 Å². The third-order valence-corrected chi connectivity index (χ3v) is 3.64. The zero-order valence-electron chi connectivity index (χ0n) is 9.78. The Balaban J connectivity index is 2.12. The molecular formula is C11H10N4O2S. The lowest BCUT2D eigenvalue weighted by molar-refractivity contribution is 0.0702. The number of hydrogen-bond donors (Lipinski definition) is 1. The molecule has 0 saturated carbocycles. The van der Waals surface area contributed by atoms with Crippen molar-refractivity contribution in [2.24, 2.45) is 7.05 Å². The lowest BCUT2D eigenvalue weighted by atomic mass is 10.2. The van der Waals surface area contributed by atoms with E-state index in [1.54, 1.807) is 15.3 Å². The van der Waals surface area contributed by atoms with Crippen LogP contribution in [0.2, 0.25) is 0 Å². The molecule has 0 spiro atoms. The van der Waals surface area contributed by atoms with Gasteiger partial charge in [0.1, 0.15) is 4.88 Å². The summed E-state index contributed by atoms with van der Waals surface area (Å²) in [6.45, 7) is 1.92. The van der Waals surface area contributed by atoms with E-state index in [0.29, 0.717) is 4.96 Å². The van der Waals surface area contributed by atoms with Crippen molar-refractivity contribution in [3.8, 4) is 11.3 Å². The van der Waals surface area contributed by atoms with E-state index < -0.39 is 5.97 Å². The summed E-state index contributed by atoms with van der Waals surface area (Å²) >= 11 is 1.16. The highest BCUT2D eigenvalue weighted by Gasteiger charge is 2.14. The van der Waals surface area contributed by atoms with Gasteiger partial charge in [0.25, 0.3) is 0 Å².